The van der Waals surface area contributed by atoms with E-state index < -0.39 is 0 Å². The van der Waals surface area contributed by atoms with Gasteiger partial charge in [0.25, 0.3) is 5.91 Å². The van der Waals surface area contributed by atoms with Crippen LogP contribution in [-0.4, -0.2) is 57.1 Å². The number of hydrogen-bond donors (Lipinski definition) is 0. The van der Waals surface area contributed by atoms with Crippen LogP contribution in [0.4, 0.5) is 0 Å². The number of amides is 1. The number of rotatable bonds is 6. The summed E-state index contributed by atoms with van der Waals surface area (Å²) in [6, 6.07) is 3.56. The largest absolute Gasteiger partial charge is 0.493 e. The molecule has 144 valence electrons. The number of nitrogens with zero attached hydrogens (tertiary/aromatic N) is 1. The third-order valence-corrected chi connectivity index (χ3v) is 5.29. The second-order valence-electron chi connectivity index (χ2n) is 6.60. The van der Waals surface area contributed by atoms with E-state index in [4.69, 9.17) is 18.9 Å². The highest BCUT2D eigenvalue weighted by Gasteiger charge is 2.33. The van der Waals surface area contributed by atoms with Crippen molar-refractivity contribution in [3.8, 4) is 11.5 Å². The van der Waals surface area contributed by atoms with Gasteiger partial charge in [-0.3, -0.25) is 4.79 Å². The van der Waals surface area contributed by atoms with E-state index in [1.165, 1.54) is 0 Å². The number of benzene rings is 1. The second-order valence-corrected chi connectivity index (χ2v) is 7.46. The van der Waals surface area contributed by atoms with Crippen molar-refractivity contribution < 1.29 is 23.7 Å². The average molecular weight is 428 g/mol. The Labute approximate surface area is 162 Å². The van der Waals surface area contributed by atoms with Crippen LogP contribution in [0.5, 0.6) is 11.5 Å². The molecule has 6 nitrogen and oxygen atoms in total. The van der Waals surface area contributed by atoms with Crippen LogP contribution in [0.1, 0.15) is 36.5 Å². The van der Waals surface area contributed by atoms with E-state index in [0.29, 0.717) is 43.4 Å². The Morgan fingerprint density at radius 1 is 1.35 bits per heavy atom. The zero-order valence-corrected chi connectivity index (χ0v) is 16.9. The molecule has 26 heavy (non-hydrogen) atoms. The molecule has 1 unspecified atom stereocenters. The van der Waals surface area contributed by atoms with Gasteiger partial charge in [-0.25, -0.2) is 0 Å². The van der Waals surface area contributed by atoms with Crippen molar-refractivity contribution in [2.75, 3.05) is 40.0 Å². The summed E-state index contributed by atoms with van der Waals surface area (Å²) >= 11 is 3.51. The topological polar surface area (TPSA) is 57.2 Å². The first-order valence-electron chi connectivity index (χ1n) is 9.16. The Kier molecular flexibility index (Phi) is 6.78. The highest BCUT2D eigenvalue weighted by Crippen LogP contribution is 2.37. The minimum absolute atomic E-state index is 0.00580. The summed E-state index contributed by atoms with van der Waals surface area (Å²) in [4.78, 5) is 14.9. The van der Waals surface area contributed by atoms with E-state index in [1.807, 2.05) is 17.9 Å². The molecule has 0 N–H and O–H groups in total. The first kappa shape index (κ1) is 19.5. The summed E-state index contributed by atoms with van der Waals surface area (Å²) in [6.07, 6.45) is 2.69. The quantitative estimate of drug-likeness (QED) is 0.695. The molecular weight excluding hydrogens is 402 g/mol. The van der Waals surface area contributed by atoms with Crippen molar-refractivity contribution in [1.29, 1.82) is 0 Å². The molecule has 0 aliphatic carbocycles. The van der Waals surface area contributed by atoms with Crippen LogP contribution in [0.2, 0.25) is 0 Å². The number of methoxy groups -OCH3 is 1. The van der Waals surface area contributed by atoms with Gasteiger partial charge in [-0.1, -0.05) is 6.92 Å². The maximum atomic E-state index is 13.0. The highest BCUT2D eigenvalue weighted by molar-refractivity contribution is 9.10. The average Bonchev–Trinajstić information content (AvgIpc) is 3.21. The Balaban J connectivity index is 1.75. The van der Waals surface area contributed by atoms with Crippen LogP contribution in [0.3, 0.4) is 0 Å². The molecule has 0 spiro atoms. The van der Waals surface area contributed by atoms with Crippen molar-refractivity contribution in [3.05, 3.63) is 22.2 Å². The lowest BCUT2D eigenvalue weighted by molar-refractivity contribution is -0.0969. The lowest BCUT2D eigenvalue weighted by Crippen LogP contribution is -2.43. The fraction of sp³-hybridized carbons (Fsp3) is 0.632. The number of piperidine rings is 1. The van der Waals surface area contributed by atoms with Gasteiger partial charge in [0.1, 0.15) is 0 Å². The number of halogens is 1. The zero-order chi connectivity index (χ0) is 18.5. The third-order valence-electron chi connectivity index (χ3n) is 4.70. The van der Waals surface area contributed by atoms with Crippen LogP contribution in [0.25, 0.3) is 0 Å². The molecule has 1 amide bonds. The van der Waals surface area contributed by atoms with Crippen molar-refractivity contribution >= 4 is 21.8 Å². The maximum Gasteiger partial charge on any atom is 0.254 e. The first-order valence-corrected chi connectivity index (χ1v) is 9.96. The van der Waals surface area contributed by atoms with Crippen LogP contribution in [-0.2, 0) is 9.47 Å². The van der Waals surface area contributed by atoms with Gasteiger partial charge >= 0.3 is 0 Å². The van der Waals surface area contributed by atoms with E-state index in [0.717, 1.165) is 30.3 Å². The van der Waals surface area contributed by atoms with E-state index >= 15 is 0 Å². The molecule has 2 heterocycles. The molecule has 1 aromatic carbocycles. The van der Waals surface area contributed by atoms with E-state index in [1.54, 1.807) is 13.2 Å². The fourth-order valence-corrected chi connectivity index (χ4v) is 3.99. The molecule has 1 aromatic rings. The lowest BCUT2D eigenvalue weighted by Gasteiger charge is -2.34. The predicted molar refractivity (Wildman–Crippen MR) is 101 cm³/mol. The SMILES string of the molecule is CCCOc1c(Br)cc(C(=O)N2CCCC(C3OCCO3)C2)cc1OC. The first-order chi connectivity index (χ1) is 12.6. The molecule has 2 aliphatic heterocycles. The van der Waals surface area contributed by atoms with Gasteiger partial charge < -0.3 is 23.8 Å². The Hall–Kier alpha value is -1.31. The summed E-state index contributed by atoms with van der Waals surface area (Å²) in [7, 11) is 1.58. The Morgan fingerprint density at radius 3 is 2.81 bits per heavy atom. The van der Waals surface area contributed by atoms with Crippen LogP contribution < -0.4 is 9.47 Å². The van der Waals surface area contributed by atoms with E-state index in [9.17, 15) is 4.79 Å². The molecule has 2 saturated heterocycles. The minimum Gasteiger partial charge on any atom is -0.493 e. The normalized spacial score (nSPS) is 21.0. The summed E-state index contributed by atoms with van der Waals surface area (Å²) in [5, 5.41) is 0. The minimum atomic E-state index is -0.184. The highest BCUT2D eigenvalue weighted by atomic mass is 79.9. The van der Waals surface area contributed by atoms with Crippen LogP contribution in [0.15, 0.2) is 16.6 Å². The van der Waals surface area contributed by atoms with Crippen LogP contribution in [0, 0.1) is 5.92 Å². The standard InChI is InChI=1S/C19H26BrNO5/c1-3-7-24-17-15(20)10-14(11-16(17)23-2)18(22)21-6-4-5-13(12-21)19-25-8-9-26-19/h10-11,13,19H,3-9,12H2,1-2H3. The summed E-state index contributed by atoms with van der Waals surface area (Å²) in [5.74, 6) is 1.42. The summed E-state index contributed by atoms with van der Waals surface area (Å²) in [6.45, 7) is 5.31. The maximum absolute atomic E-state index is 13.0. The zero-order valence-electron chi connectivity index (χ0n) is 15.3. The van der Waals surface area contributed by atoms with Gasteiger partial charge in [0.15, 0.2) is 17.8 Å². The predicted octanol–water partition coefficient (Wildman–Crippen LogP) is 3.47. The van der Waals surface area contributed by atoms with Crippen molar-refractivity contribution in [2.45, 2.75) is 32.5 Å². The van der Waals surface area contributed by atoms with Gasteiger partial charge in [0, 0.05) is 24.6 Å². The monoisotopic (exact) mass is 427 g/mol. The molecule has 2 aliphatic rings. The number of hydrogen-bond acceptors (Lipinski definition) is 5. The number of ether oxygens (including phenoxy) is 4. The van der Waals surface area contributed by atoms with Gasteiger partial charge in [-0.15, -0.1) is 0 Å². The van der Waals surface area contributed by atoms with Gasteiger partial charge in [0.05, 0.1) is 31.4 Å². The van der Waals surface area contributed by atoms with Crippen molar-refractivity contribution in [1.82, 2.24) is 4.90 Å². The summed E-state index contributed by atoms with van der Waals surface area (Å²) < 4.78 is 23.2. The third kappa shape index (κ3) is 4.32. The Bertz CT molecular complexity index is 633. The van der Waals surface area contributed by atoms with E-state index in [2.05, 4.69) is 15.9 Å². The molecule has 0 aromatic heterocycles. The molecule has 0 radical (unpaired) electrons. The lowest BCUT2D eigenvalue weighted by atomic mass is 9.96. The van der Waals surface area contributed by atoms with Crippen molar-refractivity contribution in [3.63, 3.8) is 0 Å². The van der Waals surface area contributed by atoms with Crippen molar-refractivity contribution in [2.24, 2.45) is 5.92 Å². The second kappa shape index (κ2) is 9.06. The van der Waals surface area contributed by atoms with Crippen LogP contribution >= 0.6 is 15.9 Å². The smallest absolute Gasteiger partial charge is 0.254 e. The molecule has 3 rings (SSSR count). The molecule has 1 atom stereocenters. The molecule has 0 bridgehead atoms. The molecule has 2 fully saturated rings. The Morgan fingerprint density at radius 2 is 2.12 bits per heavy atom. The molecule has 7 heteroatoms. The molecule has 0 saturated carbocycles. The van der Waals surface area contributed by atoms with Gasteiger partial charge in [-0.2, -0.15) is 0 Å². The number of carbonyl (C=O) groups is 1. The number of likely N-dealkylation sites (tertiary alicyclic amines) is 1. The van der Waals surface area contributed by atoms with E-state index in [-0.39, 0.29) is 18.1 Å². The molecular formula is C19H26BrNO5. The number of carbonyl (C=O) groups excluding carboxylic acids is 1. The summed E-state index contributed by atoms with van der Waals surface area (Å²) in [5.41, 5.74) is 0.589. The van der Waals surface area contributed by atoms with Gasteiger partial charge in [0.2, 0.25) is 0 Å². The van der Waals surface area contributed by atoms with Gasteiger partial charge in [-0.05, 0) is 47.3 Å². The fourth-order valence-electron chi connectivity index (χ4n) is 3.44.